The fourth-order valence-electron chi connectivity index (χ4n) is 8.28. The van der Waals surface area contributed by atoms with Crippen LogP contribution in [0.5, 0.6) is 0 Å². The molecule has 1 unspecified atom stereocenters. The molecular formula is C33H40F2N8O2. The topological polar surface area (TPSA) is 93.8 Å². The van der Waals surface area contributed by atoms with Crippen LogP contribution in [0, 0.1) is 18.3 Å². The second-order valence-corrected chi connectivity index (χ2v) is 13.0. The molecule has 3 fully saturated rings. The maximum Gasteiger partial charge on any atom is 0.281 e. The largest absolute Gasteiger partial charge is 0.366 e. The molecule has 12 heteroatoms. The van der Waals surface area contributed by atoms with Crippen LogP contribution in [-0.2, 0) is 15.1 Å². The first kappa shape index (κ1) is 29.9. The minimum absolute atomic E-state index is 0.0269. The number of piperazine rings is 1. The van der Waals surface area contributed by atoms with Gasteiger partial charge in [0.15, 0.2) is 0 Å². The molecule has 0 radical (unpaired) electrons. The van der Waals surface area contributed by atoms with E-state index in [2.05, 4.69) is 44.4 Å². The number of ether oxygens (including phenoxy) is 1. The van der Waals surface area contributed by atoms with Gasteiger partial charge >= 0.3 is 0 Å². The molecule has 7 rings (SSSR count). The molecule has 2 aromatic rings. The number of fused-ring (bicyclic) bond motifs is 5. The quantitative estimate of drug-likeness (QED) is 0.461. The molecule has 45 heavy (non-hydrogen) atoms. The van der Waals surface area contributed by atoms with E-state index in [1.54, 1.807) is 0 Å². The number of aryl methyl sites for hydroxylation is 1. The predicted octanol–water partition coefficient (Wildman–Crippen LogP) is 4.20. The van der Waals surface area contributed by atoms with Crippen molar-refractivity contribution in [3.8, 4) is 6.07 Å². The van der Waals surface area contributed by atoms with Crippen LogP contribution in [0.25, 0.3) is 6.08 Å². The number of carbonyl (C=O) groups is 1. The van der Waals surface area contributed by atoms with Gasteiger partial charge in [-0.25, -0.2) is 13.8 Å². The first-order chi connectivity index (χ1) is 21.7. The van der Waals surface area contributed by atoms with Crippen LogP contribution in [0.3, 0.4) is 0 Å². The standard InChI is InChI=1S/C33H40F2N8O2/c1-4-29(44)40-14-12-39(13-15-40)27-19-42-25(27)7-5-6-24-26(42)16-28(38-30(24)32(34)35)41-11-9-33(17-22(41)3)31-21(2)18-37-43(31)23(8-10-36)20-45-33/h4-6,16,18,22-23,25,27,32H,1,7-9,11-15,17,19-20H2,2-3H3/t22-,23-,25+,27?,33-/m1/s1. The third kappa shape index (κ3) is 4.91. The second-order valence-electron chi connectivity index (χ2n) is 13.0. The number of halogens is 2. The number of amides is 1. The number of aromatic nitrogens is 3. The molecule has 5 aliphatic heterocycles. The van der Waals surface area contributed by atoms with Crippen LogP contribution in [-0.4, -0.2) is 94.5 Å². The number of piperidine rings is 1. The van der Waals surface area contributed by atoms with E-state index in [9.17, 15) is 18.8 Å². The highest BCUT2D eigenvalue weighted by atomic mass is 19.3. The summed E-state index contributed by atoms with van der Waals surface area (Å²) in [7, 11) is 0. The first-order valence-electron chi connectivity index (χ1n) is 16.0. The van der Waals surface area contributed by atoms with Crippen molar-refractivity contribution in [3.05, 3.63) is 53.5 Å². The number of nitriles is 1. The Morgan fingerprint density at radius 1 is 1.24 bits per heavy atom. The van der Waals surface area contributed by atoms with E-state index in [0.717, 1.165) is 43.0 Å². The zero-order chi connectivity index (χ0) is 31.5. The summed E-state index contributed by atoms with van der Waals surface area (Å²) in [5.74, 6) is 0.538. The third-order valence-corrected chi connectivity index (χ3v) is 10.6. The highest BCUT2D eigenvalue weighted by molar-refractivity contribution is 5.87. The summed E-state index contributed by atoms with van der Waals surface area (Å²) in [6, 6.07) is 4.59. The van der Waals surface area contributed by atoms with Crippen molar-refractivity contribution in [2.75, 3.05) is 55.7 Å². The van der Waals surface area contributed by atoms with Gasteiger partial charge in [0.1, 0.15) is 17.1 Å². The lowest BCUT2D eigenvalue weighted by Gasteiger charge is -2.55. The molecule has 7 heterocycles. The molecule has 0 aliphatic carbocycles. The highest BCUT2D eigenvalue weighted by Crippen LogP contribution is 2.47. The first-order valence-corrected chi connectivity index (χ1v) is 16.0. The normalized spacial score (nSPS) is 29.5. The Bertz CT molecular complexity index is 1560. The molecule has 2 aromatic heterocycles. The summed E-state index contributed by atoms with van der Waals surface area (Å²) in [5, 5.41) is 13.9. The van der Waals surface area contributed by atoms with Gasteiger partial charge in [0.05, 0.1) is 42.7 Å². The van der Waals surface area contributed by atoms with E-state index in [4.69, 9.17) is 4.74 Å². The molecule has 0 saturated carbocycles. The Kier molecular flexibility index (Phi) is 7.64. The Labute approximate surface area is 262 Å². The second kappa shape index (κ2) is 11.5. The van der Waals surface area contributed by atoms with E-state index in [0.29, 0.717) is 62.9 Å². The number of alkyl halides is 2. The molecule has 5 aliphatic rings. The van der Waals surface area contributed by atoms with Gasteiger partial charge in [-0.15, -0.1) is 0 Å². The lowest BCUT2D eigenvalue weighted by molar-refractivity contribution is -0.128. The van der Waals surface area contributed by atoms with Gasteiger partial charge in [0.25, 0.3) is 6.43 Å². The summed E-state index contributed by atoms with van der Waals surface area (Å²) in [6.45, 7) is 12.4. The van der Waals surface area contributed by atoms with E-state index in [-0.39, 0.29) is 29.7 Å². The summed E-state index contributed by atoms with van der Waals surface area (Å²) in [5.41, 5.74) is 2.68. The highest BCUT2D eigenvalue weighted by Gasteiger charge is 2.49. The maximum absolute atomic E-state index is 14.6. The number of pyridine rings is 1. The van der Waals surface area contributed by atoms with Crippen molar-refractivity contribution >= 4 is 23.5 Å². The van der Waals surface area contributed by atoms with Gasteiger partial charge in [0.2, 0.25) is 5.91 Å². The van der Waals surface area contributed by atoms with Gasteiger partial charge in [0, 0.05) is 75.4 Å². The SMILES string of the molecule is C=CC(=O)N1CCN(C2CN3c4cc(N5CC[C@]6(C[C@H]5C)OC[C@@H](CC#N)n5ncc(C)c56)nc(C(F)F)c4C=CC[C@@H]23)CC1. The average Bonchev–Trinajstić information content (AvgIpc) is 3.37. The summed E-state index contributed by atoms with van der Waals surface area (Å²) < 4.78 is 37.7. The number of rotatable bonds is 5. The summed E-state index contributed by atoms with van der Waals surface area (Å²) in [6.07, 6.45) is 6.79. The van der Waals surface area contributed by atoms with Crippen molar-refractivity contribution in [1.29, 1.82) is 5.26 Å². The average molecular weight is 619 g/mol. The van der Waals surface area contributed by atoms with Crippen molar-refractivity contribution in [3.63, 3.8) is 0 Å². The lowest BCUT2D eigenvalue weighted by Crippen LogP contribution is -2.69. The number of carbonyl (C=O) groups excluding carboxylic acids is 1. The van der Waals surface area contributed by atoms with Gasteiger partial charge in [-0.2, -0.15) is 10.4 Å². The zero-order valence-electron chi connectivity index (χ0n) is 25.9. The molecular weight excluding hydrogens is 578 g/mol. The Balaban J connectivity index is 1.13. The molecule has 1 amide bonds. The van der Waals surface area contributed by atoms with E-state index in [1.165, 1.54) is 6.08 Å². The summed E-state index contributed by atoms with van der Waals surface area (Å²) >= 11 is 0. The molecule has 0 N–H and O–H groups in total. The van der Waals surface area contributed by atoms with Crippen LogP contribution in [0.4, 0.5) is 20.3 Å². The molecule has 238 valence electrons. The van der Waals surface area contributed by atoms with E-state index >= 15 is 0 Å². The molecule has 1 spiro atoms. The van der Waals surface area contributed by atoms with Crippen molar-refractivity contribution in [1.82, 2.24) is 24.6 Å². The lowest BCUT2D eigenvalue weighted by atomic mass is 9.81. The zero-order valence-corrected chi connectivity index (χ0v) is 25.9. The van der Waals surface area contributed by atoms with Gasteiger partial charge in [-0.1, -0.05) is 18.7 Å². The minimum Gasteiger partial charge on any atom is -0.366 e. The molecule has 3 saturated heterocycles. The predicted molar refractivity (Wildman–Crippen MR) is 166 cm³/mol. The van der Waals surface area contributed by atoms with Gasteiger partial charge < -0.3 is 19.4 Å². The van der Waals surface area contributed by atoms with Crippen molar-refractivity contribution in [2.24, 2.45) is 0 Å². The fraction of sp³-hybridized carbons (Fsp3) is 0.576. The maximum atomic E-state index is 14.6. The molecule has 10 nitrogen and oxygen atoms in total. The molecule has 0 bridgehead atoms. The van der Waals surface area contributed by atoms with E-state index < -0.39 is 12.0 Å². The number of nitrogens with zero attached hydrogens (tertiary/aromatic N) is 8. The monoisotopic (exact) mass is 618 g/mol. The summed E-state index contributed by atoms with van der Waals surface area (Å²) in [4.78, 5) is 25.4. The number of hydrogen-bond acceptors (Lipinski definition) is 8. The molecule has 5 atom stereocenters. The Hall–Kier alpha value is -3.82. The van der Waals surface area contributed by atoms with Crippen LogP contribution < -0.4 is 9.80 Å². The van der Waals surface area contributed by atoms with Gasteiger partial charge in [-0.05, 0) is 38.3 Å². The van der Waals surface area contributed by atoms with E-state index in [1.807, 2.05) is 40.9 Å². The Morgan fingerprint density at radius 2 is 2.04 bits per heavy atom. The van der Waals surface area contributed by atoms with Crippen LogP contribution in [0.15, 0.2) is 31.0 Å². The van der Waals surface area contributed by atoms with Crippen molar-refractivity contribution < 1.29 is 18.3 Å². The smallest absolute Gasteiger partial charge is 0.281 e. The van der Waals surface area contributed by atoms with Gasteiger partial charge in [-0.3, -0.25) is 14.4 Å². The number of anilines is 2. The minimum atomic E-state index is -2.70. The van der Waals surface area contributed by atoms with Crippen molar-refractivity contribution in [2.45, 2.75) is 75.7 Å². The van der Waals surface area contributed by atoms with Crippen LogP contribution in [0.1, 0.15) is 67.6 Å². The fourth-order valence-corrected chi connectivity index (χ4v) is 8.28. The molecule has 0 aromatic carbocycles. The Morgan fingerprint density at radius 3 is 2.76 bits per heavy atom. The van der Waals surface area contributed by atoms with Crippen LogP contribution >= 0.6 is 0 Å². The number of hydrogen-bond donors (Lipinski definition) is 0. The third-order valence-electron chi connectivity index (χ3n) is 10.6. The van der Waals surface area contributed by atoms with Crippen LogP contribution in [0.2, 0.25) is 0 Å².